The average Bonchev–Trinajstić information content (AvgIpc) is 2.36. The summed E-state index contributed by atoms with van der Waals surface area (Å²) >= 11 is 5.06. The molecule has 62 valence electrons. The zero-order valence-corrected chi connectivity index (χ0v) is 8.49. The summed E-state index contributed by atoms with van der Waals surface area (Å²) in [6.07, 6.45) is 0.854. The van der Waals surface area contributed by atoms with Crippen molar-refractivity contribution in [2.75, 3.05) is 6.54 Å². The summed E-state index contributed by atoms with van der Waals surface area (Å²) in [5, 5.41) is 0. The largest absolute Gasteiger partial charge is 0.330 e. The van der Waals surface area contributed by atoms with Crippen LogP contribution in [0.2, 0.25) is 0 Å². The maximum absolute atomic E-state index is 5.83. The molecule has 1 heterocycles. The van der Waals surface area contributed by atoms with E-state index in [1.54, 1.807) is 11.3 Å². The highest BCUT2D eigenvalue weighted by molar-refractivity contribution is 9.11. The van der Waals surface area contributed by atoms with E-state index in [4.69, 9.17) is 11.5 Å². The van der Waals surface area contributed by atoms with Gasteiger partial charge in [0.2, 0.25) is 0 Å². The molecule has 1 aromatic heterocycles. The smallest absolute Gasteiger partial charge is 0.0701 e. The molecule has 1 aromatic rings. The van der Waals surface area contributed by atoms with Gasteiger partial charge in [-0.3, -0.25) is 0 Å². The summed E-state index contributed by atoms with van der Waals surface area (Å²) in [6.45, 7) is 0.649. The maximum Gasteiger partial charge on any atom is 0.0701 e. The molecule has 2 nitrogen and oxygen atoms in total. The highest BCUT2D eigenvalue weighted by Gasteiger charge is 2.06. The quantitative estimate of drug-likeness (QED) is 0.840. The van der Waals surface area contributed by atoms with Crippen LogP contribution in [0.25, 0.3) is 0 Å². The molecule has 4 N–H and O–H groups in total. The van der Waals surface area contributed by atoms with Crippen LogP contribution in [-0.4, -0.2) is 6.54 Å². The highest BCUT2D eigenvalue weighted by Crippen LogP contribution is 2.27. The Balaban J connectivity index is 2.60. The molecule has 11 heavy (non-hydrogen) atoms. The third-order valence-corrected chi connectivity index (χ3v) is 3.19. The van der Waals surface area contributed by atoms with Gasteiger partial charge in [0.05, 0.1) is 3.79 Å². The minimum atomic E-state index is 0.108. The van der Waals surface area contributed by atoms with Crippen molar-refractivity contribution >= 4 is 27.3 Å². The SMILES string of the molecule is NCC[C@H](N)c1ccc(Br)s1. The first-order valence-corrected chi connectivity index (χ1v) is 5.06. The van der Waals surface area contributed by atoms with E-state index in [1.807, 2.05) is 12.1 Å². The van der Waals surface area contributed by atoms with E-state index in [1.165, 1.54) is 4.88 Å². The lowest BCUT2D eigenvalue weighted by atomic mass is 10.2. The van der Waals surface area contributed by atoms with Gasteiger partial charge in [-0.15, -0.1) is 11.3 Å². The van der Waals surface area contributed by atoms with Gasteiger partial charge in [0.15, 0.2) is 0 Å². The first-order valence-electron chi connectivity index (χ1n) is 3.45. The van der Waals surface area contributed by atoms with Crippen LogP contribution < -0.4 is 11.5 Å². The van der Waals surface area contributed by atoms with Crippen LogP contribution in [0.3, 0.4) is 0 Å². The highest BCUT2D eigenvalue weighted by atomic mass is 79.9. The lowest BCUT2D eigenvalue weighted by Crippen LogP contribution is -2.13. The number of hydrogen-bond donors (Lipinski definition) is 2. The molecule has 0 spiro atoms. The molecule has 0 unspecified atom stereocenters. The summed E-state index contributed by atoms with van der Waals surface area (Å²) in [5.41, 5.74) is 11.2. The molecule has 0 aliphatic carbocycles. The van der Waals surface area contributed by atoms with E-state index in [0.717, 1.165) is 10.2 Å². The first kappa shape index (κ1) is 9.19. The van der Waals surface area contributed by atoms with Gasteiger partial charge in [-0.05, 0) is 41.0 Å². The van der Waals surface area contributed by atoms with Gasteiger partial charge in [0.1, 0.15) is 0 Å². The molecule has 0 saturated carbocycles. The number of halogens is 1. The number of nitrogens with two attached hydrogens (primary N) is 2. The summed E-state index contributed by atoms with van der Waals surface area (Å²) in [5.74, 6) is 0. The second-order valence-electron chi connectivity index (χ2n) is 2.33. The van der Waals surface area contributed by atoms with E-state index < -0.39 is 0 Å². The Morgan fingerprint density at radius 3 is 2.73 bits per heavy atom. The maximum atomic E-state index is 5.83. The molecule has 0 aliphatic rings. The lowest BCUT2D eigenvalue weighted by molar-refractivity contribution is 0.672. The molecular weight excluding hydrogens is 224 g/mol. The Morgan fingerprint density at radius 1 is 1.55 bits per heavy atom. The third-order valence-electron chi connectivity index (χ3n) is 1.44. The summed E-state index contributed by atoms with van der Waals surface area (Å²) < 4.78 is 1.12. The molecule has 1 rings (SSSR count). The Hall–Kier alpha value is 0.1000. The van der Waals surface area contributed by atoms with E-state index in [0.29, 0.717) is 6.54 Å². The van der Waals surface area contributed by atoms with Gasteiger partial charge < -0.3 is 11.5 Å². The zero-order valence-electron chi connectivity index (χ0n) is 6.09. The molecular formula is C7H11BrN2S. The zero-order chi connectivity index (χ0) is 8.27. The molecule has 4 heteroatoms. The molecule has 0 aliphatic heterocycles. The fourth-order valence-electron chi connectivity index (χ4n) is 0.849. The first-order chi connectivity index (χ1) is 5.24. The van der Waals surface area contributed by atoms with Crippen LogP contribution in [0.4, 0.5) is 0 Å². The van der Waals surface area contributed by atoms with Crippen LogP contribution >= 0.6 is 27.3 Å². The van der Waals surface area contributed by atoms with E-state index in [2.05, 4.69) is 15.9 Å². The minimum absolute atomic E-state index is 0.108. The van der Waals surface area contributed by atoms with Crippen molar-refractivity contribution in [1.82, 2.24) is 0 Å². The predicted octanol–water partition coefficient (Wildman–Crippen LogP) is 1.86. The minimum Gasteiger partial charge on any atom is -0.330 e. The van der Waals surface area contributed by atoms with E-state index in [9.17, 15) is 0 Å². The van der Waals surface area contributed by atoms with E-state index >= 15 is 0 Å². The van der Waals surface area contributed by atoms with Gasteiger partial charge in [-0.2, -0.15) is 0 Å². The second-order valence-corrected chi connectivity index (χ2v) is 4.82. The Morgan fingerprint density at radius 2 is 2.27 bits per heavy atom. The lowest BCUT2D eigenvalue weighted by Gasteiger charge is -2.05. The summed E-state index contributed by atoms with van der Waals surface area (Å²) in [6, 6.07) is 4.15. The topological polar surface area (TPSA) is 52.0 Å². The molecule has 0 fully saturated rings. The van der Waals surface area contributed by atoms with Crippen LogP contribution in [0.15, 0.2) is 15.9 Å². The van der Waals surface area contributed by atoms with Crippen molar-refractivity contribution in [2.24, 2.45) is 11.5 Å². The molecule has 1 atom stereocenters. The molecule has 0 amide bonds. The second kappa shape index (κ2) is 4.21. The van der Waals surface area contributed by atoms with Gasteiger partial charge in [0.25, 0.3) is 0 Å². The molecule has 0 bridgehead atoms. The number of rotatable bonds is 3. The van der Waals surface area contributed by atoms with Crippen LogP contribution in [0.5, 0.6) is 0 Å². The van der Waals surface area contributed by atoms with Crippen molar-refractivity contribution in [1.29, 1.82) is 0 Å². The fourth-order valence-corrected chi connectivity index (χ4v) is 2.31. The Kier molecular flexibility index (Phi) is 3.51. The van der Waals surface area contributed by atoms with Gasteiger partial charge in [-0.1, -0.05) is 0 Å². The third kappa shape index (κ3) is 2.56. The standard InChI is InChI=1S/C7H11BrN2S/c8-7-2-1-6(11-7)5(10)3-4-9/h1-2,5H,3-4,9-10H2/t5-/m0/s1. The summed E-state index contributed by atoms with van der Waals surface area (Å²) in [4.78, 5) is 1.20. The fraction of sp³-hybridized carbons (Fsp3) is 0.429. The Labute approximate surface area is 78.7 Å². The predicted molar refractivity (Wildman–Crippen MR) is 52.6 cm³/mol. The van der Waals surface area contributed by atoms with Gasteiger partial charge in [-0.25, -0.2) is 0 Å². The van der Waals surface area contributed by atoms with Crippen molar-refractivity contribution in [3.05, 3.63) is 20.8 Å². The van der Waals surface area contributed by atoms with Gasteiger partial charge in [0, 0.05) is 10.9 Å². The normalized spacial score (nSPS) is 13.4. The number of thiophene rings is 1. The van der Waals surface area contributed by atoms with Crippen molar-refractivity contribution in [3.8, 4) is 0 Å². The van der Waals surface area contributed by atoms with Crippen molar-refractivity contribution < 1.29 is 0 Å². The monoisotopic (exact) mass is 234 g/mol. The molecule has 0 radical (unpaired) electrons. The van der Waals surface area contributed by atoms with Gasteiger partial charge >= 0.3 is 0 Å². The van der Waals surface area contributed by atoms with E-state index in [-0.39, 0.29) is 6.04 Å². The number of hydrogen-bond acceptors (Lipinski definition) is 3. The van der Waals surface area contributed by atoms with Crippen LogP contribution in [0.1, 0.15) is 17.3 Å². The van der Waals surface area contributed by atoms with Crippen LogP contribution in [0, 0.1) is 0 Å². The van der Waals surface area contributed by atoms with Crippen molar-refractivity contribution in [2.45, 2.75) is 12.5 Å². The summed E-state index contributed by atoms with van der Waals surface area (Å²) in [7, 11) is 0. The average molecular weight is 235 g/mol. The van der Waals surface area contributed by atoms with Crippen molar-refractivity contribution in [3.63, 3.8) is 0 Å². The Bertz CT molecular complexity index is 224. The van der Waals surface area contributed by atoms with Crippen LogP contribution in [-0.2, 0) is 0 Å². The molecule has 0 saturated heterocycles. The molecule has 0 aromatic carbocycles.